The highest BCUT2D eigenvalue weighted by atomic mass is 16.5. The highest BCUT2D eigenvalue weighted by Gasteiger charge is 2.71. The summed E-state index contributed by atoms with van der Waals surface area (Å²) in [5.74, 6) is 0.430. The van der Waals surface area contributed by atoms with Crippen LogP contribution in [0.2, 0.25) is 0 Å². The third-order valence-corrected chi connectivity index (χ3v) is 16.5. The Balaban J connectivity index is 1.29. The van der Waals surface area contributed by atoms with Gasteiger partial charge in [-0.1, -0.05) is 54.0 Å². The molecule has 0 aromatic heterocycles. The Morgan fingerprint density at radius 3 is 2.16 bits per heavy atom. The van der Waals surface area contributed by atoms with E-state index in [0.29, 0.717) is 37.3 Å². The van der Waals surface area contributed by atoms with Crippen molar-refractivity contribution in [2.75, 3.05) is 13.1 Å². The quantitative estimate of drug-likeness (QED) is 0.221. The van der Waals surface area contributed by atoms with Gasteiger partial charge in [0.15, 0.2) is 5.78 Å². The van der Waals surface area contributed by atoms with Crippen molar-refractivity contribution in [3.8, 4) is 0 Å². The monoisotopic (exact) mass is 709 g/mol. The van der Waals surface area contributed by atoms with Gasteiger partial charge in [-0.3, -0.25) is 19.2 Å². The molecule has 2 unspecified atom stereocenters. The van der Waals surface area contributed by atoms with Crippen LogP contribution in [0.3, 0.4) is 0 Å². The summed E-state index contributed by atoms with van der Waals surface area (Å²) in [7, 11) is 0. The van der Waals surface area contributed by atoms with Crippen molar-refractivity contribution >= 4 is 23.6 Å². The van der Waals surface area contributed by atoms with Crippen LogP contribution in [0.1, 0.15) is 146 Å². The minimum absolute atomic E-state index is 0.00599. The number of hydrogen-bond donors (Lipinski definition) is 2. The van der Waals surface area contributed by atoms with Crippen LogP contribution in [0.15, 0.2) is 11.1 Å². The third kappa shape index (κ3) is 5.95. The Morgan fingerprint density at radius 1 is 0.902 bits per heavy atom. The first-order valence-electron chi connectivity index (χ1n) is 20.2. The number of nitrogens with zero attached hydrogens (tertiary/aromatic N) is 1. The zero-order valence-electron chi connectivity index (χ0n) is 33.3. The molecule has 0 aromatic carbocycles. The number of amides is 1. The molecule has 6 aliphatic rings. The fourth-order valence-electron chi connectivity index (χ4n) is 13.2. The zero-order valence-corrected chi connectivity index (χ0v) is 33.3. The Labute approximate surface area is 306 Å². The van der Waals surface area contributed by atoms with Crippen LogP contribution in [0.25, 0.3) is 0 Å². The molecule has 1 amide bonds. The Bertz CT molecular complexity index is 1490. The summed E-state index contributed by atoms with van der Waals surface area (Å²) in [5, 5.41) is 21.9. The van der Waals surface area contributed by atoms with E-state index in [1.807, 2.05) is 4.90 Å². The number of carbonyl (C=O) groups excluding carboxylic acids is 3. The van der Waals surface area contributed by atoms with Gasteiger partial charge >= 0.3 is 11.9 Å². The molecule has 0 aliphatic heterocycles. The molecule has 286 valence electrons. The minimum atomic E-state index is -1.17. The Kier molecular flexibility index (Phi) is 9.58. The maximum atomic E-state index is 14.1. The number of ether oxygens (including phenoxy) is 1. The molecule has 6 aliphatic carbocycles. The molecule has 0 saturated heterocycles. The van der Waals surface area contributed by atoms with Crippen LogP contribution in [-0.4, -0.2) is 64.0 Å². The van der Waals surface area contributed by atoms with E-state index < -0.39 is 28.9 Å². The number of fused-ring (bicyclic) bond motifs is 7. The van der Waals surface area contributed by atoms with E-state index in [0.717, 1.165) is 69.8 Å². The molecule has 2 N–H and O–H groups in total. The largest absolute Gasteiger partial charge is 0.481 e. The predicted molar refractivity (Wildman–Crippen MR) is 196 cm³/mol. The lowest BCUT2D eigenvalue weighted by Crippen LogP contribution is -2.66. The normalized spacial score (nSPS) is 39.4. The van der Waals surface area contributed by atoms with E-state index >= 15 is 0 Å². The number of ketones is 1. The number of aliphatic carboxylic acids is 1. The summed E-state index contributed by atoms with van der Waals surface area (Å²) < 4.78 is 6.16. The van der Waals surface area contributed by atoms with Crippen molar-refractivity contribution in [2.24, 2.45) is 62.1 Å². The van der Waals surface area contributed by atoms with Crippen LogP contribution >= 0.6 is 0 Å². The molecule has 0 radical (unpaired) electrons. The lowest BCUT2D eigenvalue weighted by molar-refractivity contribution is -0.235. The van der Waals surface area contributed by atoms with Crippen LogP contribution in [0, 0.1) is 62.1 Å². The van der Waals surface area contributed by atoms with Gasteiger partial charge in [0, 0.05) is 37.3 Å². The third-order valence-electron chi connectivity index (χ3n) is 16.5. The summed E-state index contributed by atoms with van der Waals surface area (Å²) in [6.07, 6.45) is 9.09. The molecule has 0 bridgehead atoms. The van der Waals surface area contributed by atoms with Crippen LogP contribution in [0.5, 0.6) is 0 Å². The smallest absolute Gasteiger partial charge is 0.309 e. The van der Waals surface area contributed by atoms with Crippen molar-refractivity contribution in [1.82, 2.24) is 4.90 Å². The summed E-state index contributed by atoms with van der Waals surface area (Å²) in [4.78, 5) is 53.5. The SMILES string of the molecule is CC(=O)N(CC1CC1)CC(O)C12CC[C@]3(C)[C@H](CC[C@@H]4[C@@]5(C)CC[C@H](OC(=O)CC(C)(C)C(=O)O)C(C)(C)[C@@H]5CC[C@]43C)C1=C(C(C)C)C(=O)C2. The van der Waals surface area contributed by atoms with Gasteiger partial charge in [-0.05, 0) is 129 Å². The number of Topliss-reactive ketones (excluding diaryl/α,β-unsaturated/α-hetero) is 1. The molecule has 0 heterocycles. The maximum Gasteiger partial charge on any atom is 0.309 e. The second-order valence-corrected chi connectivity index (χ2v) is 20.4. The molecule has 5 saturated carbocycles. The summed E-state index contributed by atoms with van der Waals surface area (Å²) >= 11 is 0. The van der Waals surface area contributed by atoms with E-state index in [-0.39, 0.29) is 57.7 Å². The standard InChI is InChI=1S/C43H67NO7/c1-25(2)35-29(46)21-43(32(47)24-44(26(3)45)23-27-11-12-27)20-19-41(9)28(36(35)43)13-14-31-40(8)17-16-33(51-34(48)22-38(4,5)37(49)50)39(6,7)30(40)15-18-42(31,41)10/h25,27-28,30-33,47H,11-24H2,1-10H3,(H,49,50)/t28-,30+,31-,32?,33+,40+,41-,42-,43?/m1/s1. The zero-order chi connectivity index (χ0) is 37.7. The van der Waals surface area contributed by atoms with Crippen molar-refractivity contribution in [1.29, 1.82) is 0 Å². The molecule has 0 spiro atoms. The number of aliphatic hydroxyl groups is 1. The van der Waals surface area contributed by atoms with E-state index in [1.54, 1.807) is 20.8 Å². The lowest BCUT2D eigenvalue weighted by atomic mass is 9.33. The number of hydrogen-bond acceptors (Lipinski definition) is 6. The highest BCUT2D eigenvalue weighted by molar-refractivity contribution is 6.00. The Hall–Kier alpha value is -2.22. The van der Waals surface area contributed by atoms with Crippen molar-refractivity contribution < 1.29 is 34.1 Å². The Morgan fingerprint density at radius 2 is 1.57 bits per heavy atom. The first-order valence-corrected chi connectivity index (χ1v) is 20.2. The van der Waals surface area contributed by atoms with E-state index in [4.69, 9.17) is 4.74 Å². The molecule has 8 heteroatoms. The summed E-state index contributed by atoms with van der Waals surface area (Å²) in [5.41, 5.74) is 0.198. The molecule has 8 nitrogen and oxygen atoms in total. The number of rotatable bonds is 10. The average Bonchev–Trinajstić information content (AvgIpc) is 3.77. The van der Waals surface area contributed by atoms with Gasteiger partial charge in [0.1, 0.15) is 6.10 Å². The number of carbonyl (C=O) groups is 4. The van der Waals surface area contributed by atoms with Gasteiger partial charge in [-0.15, -0.1) is 0 Å². The molecular formula is C43H67NO7. The van der Waals surface area contributed by atoms with Gasteiger partial charge in [0.2, 0.25) is 5.91 Å². The molecule has 9 atom stereocenters. The number of aliphatic hydroxyl groups excluding tert-OH is 1. The van der Waals surface area contributed by atoms with Crippen LogP contribution in [0.4, 0.5) is 0 Å². The van der Waals surface area contributed by atoms with Gasteiger partial charge in [-0.25, -0.2) is 0 Å². The fraction of sp³-hybridized carbons (Fsp3) is 0.860. The van der Waals surface area contributed by atoms with Gasteiger partial charge in [0.25, 0.3) is 0 Å². The second-order valence-electron chi connectivity index (χ2n) is 20.4. The maximum absolute atomic E-state index is 14.1. The molecule has 0 aromatic rings. The number of allylic oxidation sites excluding steroid dienone is 1. The topological polar surface area (TPSA) is 121 Å². The van der Waals surface area contributed by atoms with E-state index in [2.05, 4.69) is 48.5 Å². The molecule has 51 heavy (non-hydrogen) atoms. The summed E-state index contributed by atoms with van der Waals surface area (Å²) in [6.45, 7) is 22.1. The first kappa shape index (κ1) is 38.5. The first-order chi connectivity index (χ1) is 23.5. The predicted octanol–water partition coefficient (Wildman–Crippen LogP) is 8.00. The second kappa shape index (κ2) is 12.7. The van der Waals surface area contributed by atoms with Gasteiger partial charge < -0.3 is 19.8 Å². The lowest BCUT2D eigenvalue weighted by Gasteiger charge is -2.72. The molecule has 6 rings (SSSR count). The van der Waals surface area contributed by atoms with Crippen molar-refractivity contribution in [3.63, 3.8) is 0 Å². The van der Waals surface area contributed by atoms with Crippen LogP contribution < -0.4 is 0 Å². The molecule has 5 fully saturated rings. The van der Waals surface area contributed by atoms with E-state index in [1.165, 1.54) is 5.57 Å². The number of carboxylic acids is 1. The van der Waals surface area contributed by atoms with Gasteiger partial charge in [0.05, 0.1) is 17.9 Å². The fourth-order valence-corrected chi connectivity index (χ4v) is 13.2. The number of carboxylic acid groups (broad SMARTS) is 1. The summed E-state index contributed by atoms with van der Waals surface area (Å²) in [6, 6.07) is 0. The van der Waals surface area contributed by atoms with Crippen molar-refractivity contribution in [3.05, 3.63) is 11.1 Å². The van der Waals surface area contributed by atoms with Crippen LogP contribution in [-0.2, 0) is 23.9 Å². The van der Waals surface area contributed by atoms with E-state index in [9.17, 15) is 29.4 Å². The van der Waals surface area contributed by atoms with Crippen molar-refractivity contribution in [2.45, 2.75) is 158 Å². The highest BCUT2D eigenvalue weighted by Crippen LogP contribution is 2.77. The van der Waals surface area contributed by atoms with Gasteiger partial charge in [-0.2, -0.15) is 0 Å². The minimum Gasteiger partial charge on any atom is -0.481 e. The average molecular weight is 710 g/mol. The number of esters is 1. The molecular weight excluding hydrogens is 642 g/mol.